The Labute approximate surface area is 141 Å². The fourth-order valence-electron chi connectivity index (χ4n) is 3.00. The van der Waals surface area contributed by atoms with Gasteiger partial charge in [0.2, 0.25) is 0 Å². The second kappa shape index (κ2) is 7.85. The molecule has 2 aliphatic carbocycles. The van der Waals surface area contributed by atoms with Crippen molar-refractivity contribution in [2.75, 3.05) is 13.2 Å². The maximum absolute atomic E-state index is 11.5. The molecule has 2 aliphatic rings. The number of unbranched alkanes of at least 4 members (excludes halogenated alkanes) is 2. The summed E-state index contributed by atoms with van der Waals surface area (Å²) in [6.07, 6.45) is 6.84. The first-order valence-electron chi connectivity index (χ1n) is 8.78. The summed E-state index contributed by atoms with van der Waals surface area (Å²) >= 11 is 0. The highest BCUT2D eigenvalue weighted by atomic mass is 16.5. The Morgan fingerprint density at radius 3 is 1.79 bits per heavy atom. The minimum atomic E-state index is -0.711. The zero-order valence-electron chi connectivity index (χ0n) is 14.0. The molecule has 0 unspecified atom stereocenters. The monoisotopic (exact) mass is 341 g/mol. The van der Waals surface area contributed by atoms with Gasteiger partial charge in [-0.05, 0) is 57.8 Å². The van der Waals surface area contributed by atoms with Gasteiger partial charge in [-0.15, -0.1) is 0 Å². The molecule has 0 atom stereocenters. The van der Waals surface area contributed by atoms with Crippen LogP contribution in [0.2, 0.25) is 0 Å². The Balaban J connectivity index is 1.42. The normalized spacial score (nSPS) is 19.3. The summed E-state index contributed by atoms with van der Waals surface area (Å²) in [7, 11) is 0. The largest absolute Gasteiger partial charge is 0.481 e. The van der Waals surface area contributed by atoms with Gasteiger partial charge in [0, 0.05) is 6.54 Å². The van der Waals surface area contributed by atoms with Crippen LogP contribution in [-0.2, 0) is 14.3 Å². The molecule has 0 heterocycles. The van der Waals surface area contributed by atoms with Gasteiger partial charge in [-0.3, -0.25) is 9.59 Å². The molecule has 2 saturated carbocycles. The van der Waals surface area contributed by atoms with E-state index in [1.54, 1.807) is 0 Å². The van der Waals surface area contributed by atoms with Gasteiger partial charge in [-0.1, -0.05) is 6.42 Å². The van der Waals surface area contributed by atoms with Crippen molar-refractivity contribution in [3.8, 4) is 0 Å². The number of carbonyl (C=O) groups is 3. The van der Waals surface area contributed by atoms with Gasteiger partial charge < -0.3 is 20.3 Å². The Bertz CT molecular complexity index is 439. The second-order valence-electron chi connectivity index (χ2n) is 7.15. The van der Waals surface area contributed by atoms with Crippen LogP contribution >= 0.6 is 0 Å². The quantitative estimate of drug-likeness (QED) is 0.470. The van der Waals surface area contributed by atoms with Crippen LogP contribution in [0.4, 0.5) is 4.79 Å². The molecule has 0 spiro atoms. The average Bonchev–Trinajstić information content (AvgIpc) is 3.42. The fourth-order valence-corrected chi connectivity index (χ4v) is 3.00. The summed E-state index contributed by atoms with van der Waals surface area (Å²) in [6.45, 7) is 0.778. The Morgan fingerprint density at radius 2 is 1.33 bits per heavy atom. The minimum absolute atomic E-state index is 0.295. The molecule has 0 bridgehead atoms. The van der Waals surface area contributed by atoms with E-state index in [0.29, 0.717) is 32.4 Å². The van der Waals surface area contributed by atoms with Gasteiger partial charge in [-0.2, -0.15) is 0 Å². The third kappa shape index (κ3) is 5.11. The van der Waals surface area contributed by atoms with Gasteiger partial charge in [0.25, 0.3) is 0 Å². The molecular formula is C17H27NO6. The molecule has 136 valence electrons. The van der Waals surface area contributed by atoms with E-state index in [-0.39, 0.29) is 0 Å². The molecule has 0 aliphatic heterocycles. The van der Waals surface area contributed by atoms with Gasteiger partial charge in [0.05, 0.1) is 17.4 Å². The lowest BCUT2D eigenvalue weighted by atomic mass is 9.99. The van der Waals surface area contributed by atoms with Crippen molar-refractivity contribution in [2.45, 2.75) is 64.2 Å². The van der Waals surface area contributed by atoms with Crippen molar-refractivity contribution >= 4 is 18.0 Å². The van der Waals surface area contributed by atoms with E-state index in [0.717, 1.165) is 44.9 Å². The predicted octanol–water partition coefficient (Wildman–Crippen LogP) is 2.78. The van der Waals surface area contributed by atoms with Crippen LogP contribution in [0.5, 0.6) is 0 Å². The van der Waals surface area contributed by atoms with Crippen LogP contribution < -0.4 is 5.32 Å². The molecule has 0 aromatic heterocycles. The second-order valence-corrected chi connectivity index (χ2v) is 7.15. The van der Waals surface area contributed by atoms with E-state index in [1.807, 2.05) is 0 Å². The summed E-state index contributed by atoms with van der Waals surface area (Å²) in [5.41, 5.74) is -0.994. The first kappa shape index (κ1) is 18.5. The SMILES string of the molecule is O=C(NCCCCC1(C(=O)O)CC1)OCCCCC1(C(=O)O)CC1. The van der Waals surface area contributed by atoms with Crippen LogP contribution in [0.25, 0.3) is 0 Å². The van der Waals surface area contributed by atoms with Gasteiger partial charge in [0.15, 0.2) is 0 Å². The van der Waals surface area contributed by atoms with E-state index in [2.05, 4.69) is 5.32 Å². The van der Waals surface area contributed by atoms with E-state index >= 15 is 0 Å². The molecular weight excluding hydrogens is 314 g/mol. The third-order valence-electron chi connectivity index (χ3n) is 5.25. The predicted molar refractivity (Wildman–Crippen MR) is 85.7 cm³/mol. The van der Waals surface area contributed by atoms with Crippen molar-refractivity contribution in [3.05, 3.63) is 0 Å². The smallest absolute Gasteiger partial charge is 0.407 e. The molecule has 2 rings (SSSR count). The molecule has 0 radical (unpaired) electrons. The van der Waals surface area contributed by atoms with Crippen molar-refractivity contribution in [2.24, 2.45) is 10.8 Å². The zero-order chi connectivity index (χ0) is 17.6. The van der Waals surface area contributed by atoms with Crippen molar-refractivity contribution in [1.82, 2.24) is 5.32 Å². The molecule has 7 heteroatoms. The first-order chi connectivity index (χ1) is 11.4. The summed E-state index contributed by atoms with van der Waals surface area (Å²) in [4.78, 5) is 33.5. The van der Waals surface area contributed by atoms with Crippen LogP contribution in [0.15, 0.2) is 0 Å². The van der Waals surface area contributed by atoms with Crippen LogP contribution in [-0.4, -0.2) is 41.4 Å². The summed E-state index contributed by atoms with van der Waals surface area (Å²) < 4.78 is 5.04. The van der Waals surface area contributed by atoms with Gasteiger partial charge >= 0.3 is 18.0 Å². The van der Waals surface area contributed by atoms with Gasteiger partial charge in [-0.25, -0.2) is 4.79 Å². The number of nitrogens with one attached hydrogen (secondary N) is 1. The van der Waals surface area contributed by atoms with E-state index in [9.17, 15) is 14.4 Å². The molecule has 0 saturated heterocycles. The van der Waals surface area contributed by atoms with Crippen LogP contribution in [0, 0.1) is 10.8 Å². The molecule has 0 aromatic carbocycles. The Kier molecular flexibility index (Phi) is 6.07. The Hall–Kier alpha value is -1.79. The number of carboxylic acid groups (broad SMARTS) is 2. The molecule has 2 fully saturated rings. The number of aliphatic carboxylic acids is 2. The standard InChI is InChI=1S/C17H27NO6/c19-13(20)16(7-8-16)5-1-3-11-18-15(23)24-12-4-2-6-17(9-10-17)14(21)22/h1-12H2,(H,18,23)(H,19,20)(H,21,22). The molecule has 7 nitrogen and oxygen atoms in total. The number of rotatable bonds is 12. The van der Waals surface area contributed by atoms with Crippen molar-refractivity contribution < 1.29 is 29.3 Å². The number of carboxylic acids is 2. The number of carbonyl (C=O) groups excluding carboxylic acids is 1. The lowest BCUT2D eigenvalue weighted by Gasteiger charge is -2.11. The number of hydrogen-bond donors (Lipinski definition) is 3. The fraction of sp³-hybridized carbons (Fsp3) is 0.824. The summed E-state index contributed by atoms with van der Waals surface area (Å²) in [6, 6.07) is 0. The van der Waals surface area contributed by atoms with Crippen molar-refractivity contribution in [1.29, 1.82) is 0 Å². The minimum Gasteiger partial charge on any atom is -0.481 e. The Morgan fingerprint density at radius 1 is 0.833 bits per heavy atom. The number of amides is 1. The molecule has 0 aromatic rings. The number of ether oxygens (including phenoxy) is 1. The zero-order valence-corrected chi connectivity index (χ0v) is 14.0. The number of hydrogen-bond acceptors (Lipinski definition) is 4. The van der Waals surface area contributed by atoms with Gasteiger partial charge in [0.1, 0.15) is 0 Å². The van der Waals surface area contributed by atoms with E-state index in [1.165, 1.54) is 0 Å². The third-order valence-corrected chi connectivity index (χ3v) is 5.25. The maximum atomic E-state index is 11.5. The number of alkyl carbamates (subject to hydrolysis) is 1. The maximum Gasteiger partial charge on any atom is 0.407 e. The highest BCUT2D eigenvalue weighted by Gasteiger charge is 2.49. The average molecular weight is 341 g/mol. The first-order valence-corrected chi connectivity index (χ1v) is 8.78. The topological polar surface area (TPSA) is 113 Å². The highest BCUT2D eigenvalue weighted by Crippen LogP contribution is 2.50. The van der Waals surface area contributed by atoms with Crippen molar-refractivity contribution in [3.63, 3.8) is 0 Å². The lowest BCUT2D eigenvalue weighted by Crippen LogP contribution is -2.26. The summed E-state index contributed by atoms with van der Waals surface area (Å²) in [5, 5.41) is 20.8. The molecule has 24 heavy (non-hydrogen) atoms. The van der Waals surface area contributed by atoms with Crippen LogP contribution in [0.3, 0.4) is 0 Å². The molecule has 1 amide bonds. The highest BCUT2D eigenvalue weighted by molar-refractivity contribution is 5.78. The van der Waals surface area contributed by atoms with E-state index in [4.69, 9.17) is 14.9 Å². The lowest BCUT2D eigenvalue weighted by molar-refractivity contribution is -0.144. The van der Waals surface area contributed by atoms with Crippen LogP contribution in [0.1, 0.15) is 64.2 Å². The molecule has 3 N–H and O–H groups in total. The van der Waals surface area contributed by atoms with E-state index < -0.39 is 28.9 Å². The summed E-state index contributed by atoms with van der Waals surface area (Å²) in [5.74, 6) is -1.41.